The summed E-state index contributed by atoms with van der Waals surface area (Å²) < 4.78 is 7.52. The second-order valence-corrected chi connectivity index (χ2v) is 5.57. The zero-order valence-electron chi connectivity index (χ0n) is 12.1. The summed E-state index contributed by atoms with van der Waals surface area (Å²) in [5.74, 6) is -0.404. The van der Waals surface area contributed by atoms with Gasteiger partial charge in [0.05, 0.1) is 12.2 Å². The maximum atomic E-state index is 12.3. The van der Waals surface area contributed by atoms with E-state index in [2.05, 4.69) is 15.9 Å². The van der Waals surface area contributed by atoms with E-state index in [0.29, 0.717) is 29.1 Å². The number of rotatable bonds is 3. The molecule has 5 heteroatoms. The molecule has 110 valence electrons. The summed E-state index contributed by atoms with van der Waals surface area (Å²) in [6.45, 7) is 5.55. The number of benzene rings is 1. The number of nitrogens with zero attached hydrogens (tertiary/aromatic N) is 1. The number of carbonyl (C=O) groups excluding carboxylic acids is 1. The molecule has 0 amide bonds. The van der Waals surface area contributed by atoms with E-state index in [9.17, 15) is 9.59 Å². The van der Waals surface area contributed by atoms with E-state index in [1.165, 1.54) is 10.6 Å². The maximum Gasteiger partial charge on any atom is 0.340 e. The topological polar surface area (TPSA) is 48.3 Å². The molecule has 2 aromatic rings. The minimum absolute atomic E-state index is 0.166. The van der Waals surface area contributed by atoms with Crippen LogP contribution >= 0.6 is 15.9 Å². The molecule has 1 heterocycles. The third-order valence-electron chi connectivity index (χ3n) is 3.22. The van der Waals surface area contributed by atoms with Crippen LogP contribution in [0.5, 0.6) is 0 Å². The van der Waals surface area contributed by atoms with Crippen molar-refractivity contribution >= 4 is 21.9 Å². The highest BCUT2D eigenvalue weighted by Gasteiger charge is 2.18. The Labute approximate surface area is 131 Å². The quantitative estimate of drug-likeness (QED) is 0.798. The van der Waals surface area contributed by atoms with E-state index in [4.69, 9.17) is 4.74 Å². The van der Waals surface area contributed by atoms with Crippen LogP contribution in [0.4, 0.5) is 0 Å². The highest BCUT2D eigenvalue weighted by molar-refractivity contribution is 9.10. The highest BCUT2D eigenvalue weighted by Crippen LogP contribution is 2.18. The van der Waals surface area contributed by atoms with E-state index in [-0.39, 0.29) is 5.56 Å². The number of hydrogen-bond acceptors (Lipinski definition) is 3. The molecule has 0 aliphatic carbocycles. The van der Waals surface area contributed by atoms with Gasteiger partial charge in [-0.25, -0.2) is 4.79 Å². The van der Waals surface area contributed by atoms with Gasteiger partial charge in [-0.1, -0.05) is 15.9 Å². The van der Waals surface area contributed by atoms with Crippen LogP contribution in [0.25, 0.3) is 5.69 Å². The molecule has 0 N–H and O–H groups in total. The lowest BCUT2D eigenvalue weighted by Crippen LogP contribution is -2.24. The van der Waals surface area contributed by atoms with Crippen molar-refractivity contribution in [1.29, 1.82) is 0 Å². The molecule has 2 rings (SSSR count). The van der Waals surface area contributed by atoms with Gasteiger partial charge in [-0.3, -0.25) is 9.36 Å². The third-order valence-corrected chi connectivity index (χ3v) is 3.74. The molecule has 0 unspecified atom stereocenters. The molecule has 4 nitrogen and oxygen atoms in total. The monoisotopic (exact) mass is 349 g/mol. The first kappa shape index (κ1) is 15.5. The normalized spacial score (nSPS) is 10.5. The molecule has 0 fully saturated rings. The largest absolute Gasteiger partial charge is 0.462 e. The molecule has 0 aliphatic rings. The van der Waals surface area contributed by atoms with Crippen LogP contribution < -0.4 is 5.56 Å². The second kappa shape index (κ2) is 6.26. The van der Waals surface area contributed by atoms with Gasteiger partial charge in [0, 0.05) is 21.9 Å². The maximum absolute atomic E-state index is 12.3. The van der Waals surface area contributed by atoms with Crippen molar-refractivity contribution in [2.45, 2.75) is 20.8 Å². The summed E-state index contributed by atoms with van der Waals surface area (Å²) in [5.41, 5.74) is 2.20. The van der Waals surface area contributed by atoms with Crippen molar-refractivity contribution in [3.05, 3.63) is 62.0 Å². The van der Waals surface area contributed by atoms with E-state index in [1.54, 1.807) is 20.8 Å². The molecule has 21 heavy (non-hydrogen) atoms. The lowest BCUT2D eigenvalue weighted by molar-refractivity contribution is 0.0523. The van der Waals surface area contributed by atoms with Crippen molar-refractivity contribution in [1.82, 2.24) is 4.57 Å². The molecule has 0 radical (unpaired) electrons. The van der Waals surface area contributed by atoms with E-state index < -0.39 is 5.97 Å². The Morgan fingerprint density at radius 2 is 1.86 bits per heavy atom. The molecule has 0 saturated heterocycles. The van der Waals surface area contributed by atoms with Crippen molar-refractivity contribution in [3.63, 3.8) is 0 Å². The Bertz CT molecular complexity index is 732. The average molecular weight is 350 g/mol. The zero-order valence-corrected chi connectivity index (χ0v) is 13.7. The Morgan fingerprint density at radius 3 is 2.43 bits per heavy atom. The van der Waals surface area contributed by atoms with Gasteiger partial charge in [-0.15, -0.1) is 0 Å². The molecule has 0 aliphatic heterocycles. The number of pyridine rings is 1. The first-order valence-corrected chi connectivity index (χ1v) is 7.41. The number of hydrogen-bond donors (Lipinski definition) is 0. The van der Waals surface area contributed by atoms with Crippen molar-refractivity contribution in [2.75, 3.05) is 6.61 Å². The molecule has 1 aromatic carbocycles. The number of halogens is 1. The zero-order chi connectivity index (χ0) is 15.6. The Kier molecular flexibility index (Phi) is 4.63. The Morgan fingerprint density at radius 1 is 1.24 bits per heavy atom. The Balaban J connectivity index is 2.67. The SMILES string of the molecule is CCOC(=O)c1c(C)cc(=O)n(-c2ccc(Br)cc2)c1C. The molecule has 0 bridgehead atoms. The van der Waals surface area contributed by atoms with Gasteiger partial charge in [0.15, 0.2) is 0 Å². The van der Waals surface area contributed by atoms with Crippen molar-refractivity contribution in [2.24, 2.45) is 0 Å². The van der Waals surface area contributed by atoms with Gasteiger partial charge in [-0.05, 0) is 50.6 Å². The molecular weight excluding hydrogens is 334 g/mol. The van der Waals surface area contributed by atoms with Gasteiger partial charge in [0.25, 0.3) is 5.56 Å². The lowest BCUT2D eigenvalue weighted by atomic mass is 10.1. The van der Waals surface area contributed by atoms with E-state index in [0.717, 1.165) is 4.47 Å². The van der Waals surface area contributed by atoms with Crippen LogP contribution in [0, 0.1) is 13.8 Å². The second-order valence-electron chi connectivity index (χ2n) is 4.66. The van der Waals surface area contributed by atoms with Crippen LogP contribution in [0.15, 0.2) is 39.6 Å². The fourth-order valence-corrected chi connectivity index (χ4v) is 2.57. The molecule has 0 atom stereocenters. The molecule has 0 spiro atoms. The average Bonchev–Trinajstić information content (AvgIpc) is 2.40. The van der Waals surface area contributed by atoms with Gasteiger partial charge in [0.2, 0.25) is 0 Å². The predicted molar refractivity (Wildman–Crippen MR) is 85.2 cm³/mol. The predicted octanol–water partition coefficient (Wildman–Crippen LogP) is 3.39. The minimum Gasteiger partial charge on any atom is -0.462 e. The standard InChI is InChI=1S/C16H16BrNO3/c1-4-21-16(20)15-10(2)9-14(19)18(11(15)3)13-7-5-12(17)6-8-13/h5-9H,4H2,1-3H3. The van der Waals surface area contributed by atoms with Gasteiger partial charge in [0.1, 0.15) is 0 Å². The van der Waals surface area contributed by atoms with Crippen LogP contribution in [0.3, 0.4) is 0 Å². The van der Waals surface area contributed by atoms with Gasteiger partial charge in [-0.2, -0.15) is 0 Å². The van der Waals surface area contributed by atoms with Crippen LogP contribution in [0.1, 0.15) is 28.5 Å². The first-order chi connectivity index (χ1) is 9.95. The smallest absolute Gasteiger partial charge is 0.340 e. The number of carbonyl (C=O) groups is 1. The molecule has 0 saturated carbocycles. The summed E-state index contributed by atoms with van der Waals surface area (Å²) in [5, 5.41) is 0. The molecule has 1 aromatic heterocycles. The fourth-order valence-electron chi connectivity index (χ4n) is 2.31. The van der Waals surface area contributed by atoms with Gasteiger partial charge >= 0.3 is 5.97 Å². The summed E-state index contributed by atoms with van der Waals surface area (Å²) >= 11 is 3.36. The van der Waals surface area contributed by atoms with E-state index in [1.807, 2.05) is 24.3 Å². The Hall–Kier alpha value is -1.88. The molecular formula is C16H16BrNO3. The van der Waals surface area contributed by atoms with Crippen LogP contribution in [0.2, 0.25) is 0 Å². The fraction of sp³-hybridized carbons (Fsp3) is 0.250. The van der Waals surface area contributed by atoms with E-state index >= 15 is 0 Å². The van der Waals surface area contributed by atoms with Crippen LogP contribution in [-0.2, 0) is 4.74 Å². The number of aryl methyl sites for hydroxylation is 1. The summed E-state index contributed by atoms with van der Waals surface area (Å²) in [6.07, 6.45) is 0. The third kappa shape index (κ3) is 3.08. The summed E-state index contributed by atoms with van der Waals surface area (Å²) in [4.78, 5) is 24.4. The van der Waals surface area contributed by atoms with Crippen LogP contribution in [-0.4, -0.2) is 17.1 Å². The lowest BCUT2D eigenvalue weighted by Gasteiger charge is -2.15. The van der Waals surface area contributed by atoms with Crippen molar-refractivity contribution < 1.29 is 9.53 Å². The summed E-state index contributed by atoms with van der Waals surface area (Å²) in [7, 11) is 0. The minimum atomic E-state index is -0.404. The number of esters is 1. The number of ether oxygens (including phenoxy) is 1. The first-order valence-electron chi connectivity index (χ1n) is 6.62. The van der Waals surface area contributed by atoms with Gasteiger partial charge < -0.3 is 4.74 Å². The highest BCUT2D eigenvalue weighted by atomic mass is 79.9. The summed E-state index contributed by atoms with van der Waals surface area (Å²) in [6, 6.07) is 8.81. The van der Waals surface area contributed by atoms with Crippen molar-refractivity contribution in [3.8, 4) is 5.69 Å². The number of aromatic nitrogens is 1.